The molecule has 33 heavy (non-hydrogen) atoms. The normalized spacial score (nSPS) is 16.8. The first-order valence-electron chi connectivity index (χ1n) is 11.7. The molecular weight excluding hydrogens is 416 g/mol. The van der Waals surface area contributed by atoms with Crippen molar-refractivity contribution in [3.8, 4) is 0 Å². The molecule has 1 aliphatic rings. The molecule has 2 aromatic rings. The first-order chi connectivity index (χ1) is 15.9. The second-order valence-electron chi connectivity index (χ2n) is 8.81. The summed E-state index contributed by atoms with van der Waals surface area (Å²) in [6, 6.07) is 18.2. The lowest BCUT2D eigenvalue weighted by molar-refractivity contribution is -0.155. The van der Waals surface area contributed by atoms with Crippen molar-refractivity contribution in [2.24, 2.45) is 0 Å². The minimum Gasteiger partial charge on any atom is -0.467 e. The van der Waals surface area contributed by atoms with Crippen molar-refractivity contribution < 1.29 is 19.1 Å². The summed E-state index contributed by atoms with van der Waals surface area (Å²) in [6.07, 6.45) is 4.17. The van der Waals surface area contributed by atoms with Crippen LogP contribution in [0.3, 0.4) is 0 Å². The molecule has 1 N–H and O–H groups in total. The van der Waals surface area contributed by atoms with E-state index in [-0.39, 0.29) is 17.9 Å². The van der Waals surface area contributed by atoms with Gasteiger partial charge in [-0.05, 0) is 30.9 Å². The molecule has 1 fully saturated rings. The van der Waals surface area contributed by atoms with Gasteiger partial charge in [0.05, 0.1) is 13.2 Å². The molecule has 2 aromatic carbocycles. The summed E-state index contributed by atoms with van der Waals surface area (Å²) >= 11 is 0. The third-order valence-corrected chi connectivity index (χ3v) is 6.65. The van der Waals surface area contributed by atoms with Crippen molar-refractivity contribution in [3.63, 3.8) is 0 Å². The quantitative estimate of drug-likeness (QED) is 0.612. The number of benzene rings is 2. The maximum atomic E-state index is 13.9. The molecule has 0 radical (unpaired) electrons. The number of hydrogen-bond donors (Lipinski definition) is 1. The fourth-order valence-corrected chi connectivity index (χ4v) is 5.02. The van der Waals surface area contributed by atoms with Gasteiger partial charge < -0.3 is 15.0 Å². The molecule has 2 amide bonds. The van der Waals surface area contributed by atoms with Gasteiger partial charge in [-0.2, -0.15) is 0 Å². The molecule has 0 aliphatic heterocycles. The van der Waals surface area contributed by atoms with E-state index in [0.717, 1.165) is 30.4 Å². The summed E-state index contributed by atoms with van der Waals surface area (Å²) in [7, 11) is 1.32. The van der Waals surface area contributed by atoms with Gasteiger partial charge in [0.2, 0.25) is 11.8 Å². The number of carbonyl (C=O) groups is 3. The molecular formula is C27H34N2O4. The minimum absolute atomic E-state index is 0.152. The van der Waals surface area contributed by atoms with Gasteiger partial charge in [-0.15, -0.1) is 0 Å². The Labute approximate surface area is 196 Å². The van der Waals surface area contributed by atoms with E-state index >= 15 is 0 Å². The molecule has 0 saturated heterocycles. The number of methoxy groups -OCH3 is 1. The number of esters is 1. The number of carbonyl (C=O) groups excluding carboxylic acids is 3. The van der Waals surface area contributed by atoms with Crippen molar-refractivity contribution in [2.75, 3.05) is 7.11 Å². The zero-order chi connectivity index (χ0) is 23.8. The highest BCUT2D eigenvalue weighted by Crippen LogP contribution is 2.39. The highest BCUT2D eigenvalue weighted by molar-refractivity contribution is 5.94. The molecule has 0 aromatic heterocycles. The Bertz CT molecular complexity index is 939. The van der Waals surface area contributed by atoms with E-state index in [9.17, 15) is 14.4 Å². The Morgan fingerprint density at radius 1 is 0.970 bits per heavy atom. The number of nitrogens with zero attached hydrogens (tertiary/aromatic N) is 1. The number of hydrogen-bond acceptors (Lipinski definition) is 4. The Morgan fingerprint density at radius 3 is 2.09 bits per heavy atom. The van der Waals surface area contributed by atoms with Gasteiger partial charge in [0.1, 0.15) is 11.6 Å². The molecule has 0 unspecified atom stereocenters. The van der Waals surface area contributed by atoms with E-state index in [0.29, 0.717) is 19.3 Å². The molecule has 3 rings (SSSR count). The van der Waals surface area contributed by atoms with Crippen molar-refractivity contribution in [1.82, 2.24) is 10.2 Å². The summed E-state index contributed by atoms with van der Waals surface area (Å²) < 4.78 is 5.00. The third kappa shape index (κ3) is 5.62. The monoisotopic (exact) mass is 450 g/mol. The molecule has 0 spiro atoms. The topological polar surface area (TPSA) is 75.7 Å². The van der Waals surface area contributed by atoms with Crippen LogP contribution < -0.4 is 5.32 Å². The lowest BCUT2D eigenvalue weighted by Crippen LogP contribution is -2.63. The highest BCUT2D eigenvalue weighted by atomic mass is 16.5. The lowest BCUT2D eigenvalue weighted by atomic mass is 9.77. The number of amides is 2. The summed E-state index contributed by atoms with van der Waals surface area (Å²) in [5.74, 6) is -0.934. The fourth-order valence-electron chi connectivity index (χ4n) is 5.02. The first kappa shape index (κ1) is 24.5. The summed E-state index contributed by atoms with van der Waals surface area (Å²) in [5.41, 5.74) is 0.883. The number of nitrogens with one attached hydrogen (secondary N) is 1. The fraction of sp³-hybridized carbons (Fsp3) is 0.444. The van der Waals surface area contributed by atoms with Crippen molar-refractivity contribution >= 4 is 17.8 Å². The van der Waals surface area contributed by atoms with Crippen molar-refractivity contribution in [3.05, 3.63) is 71.8 Å². The van der Waals surface area contributed by atoms with Crippen LogP contribution in [0.5, 0.6) is 0 Å². The van der Waals surface area contributed by atoms with E-state index < -0.39 is 17.6 Å². The largest absolute Gasteiger partial charge is 0.467 e. The Morgan fingerprint density at radius 2 is 1.55 bits per heavy atom. The van der Waals surface area contributed by atoms with Gasteiger partial charge >= 0.3 is 5.97 Å². The summed E-state index contributed by atoms with van der Waals surface area (Å²) in [5, 5.41) is 2.96. The van der Waals surface area contributed by atoms with Crippen molar-refractivity contribution in [1.29, 1.82) is 0 Å². The van der Waals surface area contributed by atoms with Gasteiger partial charge in [0.25, 0.3) is 0 Å². The Balaban J connectivity index is 1.94. The molecule has 0 heterocycles. The van der Waals surface area contributed by atoms with E-state index in [2.05, 4.69) is 5.32 Å². The SMILES string of the molecule is COC(=O)[C@@H](Cc1ccccc1)NC(=O)C1(N(C(C)=O)[C@@H](C)c2ccccc2)CCCCC1. The molecule has 6 nitrogen and oxygen atoms in total. The van der Waals surface area contributed by atoms with Crippen LogP contribution >= 0.6 is 0 Å². The molecule has 6 heteroatoms. The predicted octanol–water partition coefficient (Wildman–Crippen LogP) is 4.20. The van der Waals surface area contributed by atoms with E-state index in [4.69, 9.17) is 4.74 Å². The smallest absolute Gasteiger partial charge is 0.328 e. The van der Waals surface area contributed by atoms with E-state index in [1.807, 2.05) is 67.6 Å². The third-order valence-electron chi connectivity index (χ3n) is 6.65. The average molecular weight is 451 g/mol. The van der Waals surface area contributed by atoms with Crippen LogP contribution in [0.15, 0.2) is 60.7 Å². The van der Waals surface area contributed by atoms with Gasteiger partial charge in [0, 0.05) is 13.3 Å². The second kappa shape index (κ2) is 11.1. The van der Waals surface area contributed by atoms with Gasteiger partial charge in [-0.1, -0.05) is 79.9 Å². The lowest BCUT2D eigenvalue weighted by Gasteiger charge is -2.48. The standard InChI is InChI=1S/C27H34N2O4/c1-20(23-15-9-5-10-16-23)29(21(2)30)27(17-11-6-12-18-27)26(32)28-24(25(31)33-3)19-22-13-7-4-8-14-22/h4-5,7-10,13-16,20,24H,6,11-12,17-19H2,1-3H3,(H,28,32)/t20-,24+/m0/s1. The van der Waals surface area contributed by atoms with Gasteiger partial charge in [-0.25, -0.2) is 4.79 Å². The zero-order valence-corrected chi connectivity index (χ0v) is 19.8. The molecule has 1 aliphatic carbocycles. The zero-order valence-electron chi connectivity index (χ0n) is 19.8. The van der Waals surface area contributed by atoms with Crippen LogP contribution in [0.25, 0.3) is 0 Å². The summed E-state index contributed by atoms with van der Waals surface area (Å²) in [6.45, 7) is 3.48. The van der Waals surface area contributed by atoms with Crippen LogP contribution in [-0.2, 0) is 25.5 Å². The Hall–Kier alpha value is -3.15. The first-order valence-corrected chi connectivity index (χ1v) is 11.7. The van der Waals surface area contributed by atoms with Crippen LogP contribution in [0.1, 0.15) is 63.1 Å². The van der Waals surface area contributed by atoms with Crippen LogP contribution in [0, 0.1) is 0 Å². The maximum absolute atomic E-state index is 13.9. The molecule has 2 atom stereocenters. The average Bonchev–Trinajstić information content (AvgIpc) is 2.84. The van der Waals surface area contributed by atoms with Crippen molar-refractivity contribution in [2.45, 2.75) is 70.0 Å². The van der Waals surface area contributed by atoms with E-state index in [1.165, 1.54) is 14.0 Å². The highest BCUT2D eigenvalue weighted by Gasteiger charge is 2.49. The number of ether oxygens (including phenoxy) is 1. The maximum Gasteiger partial charge on any atom is 0.328 e. The van der Waals surface area contributed by atoms with E-state index in [1.54, 1.807) is 4.90 Å². The molecule has 1 saturated carbocycles. The molecule has 176 valence electrons. The van der Waals surface area contributed by atoms with Crippen LogP contribution in [-0.4, -0.2) is 41.4 Å². The van der Waals surface area contributed by atoms with Crippen LogP contribution in [0.2, 0.25) is 0 Å². The molecule has 0 bridgehead atoms. The minimum atomic E-state index is -1.01. The van der Waals surface area contributed by atoms with Gasteiger partial charge in [0.15, 0.2) is 0 Å². The summed E-state index contributed by atoms with van der Waals surface area (Å²) in [4.78, 5) is 41.2. The van der Waals surface area contributed by atoms with Crippen LogP contribution in [0.4, 0.5) is 0 Å². The predicted molar refractivity (Wildman–Crippen MR) is 127 cm³/mol. The second-order valence-corrected chi connectivity index (χ2v) is 8.81. The number of rotatable bonds is 8. The van der Waals surface area contributed by atoms with Gasteiger partial charge in [-0.3, -0.25) is 9.59 Å². The Kier molecular flexibility index (Phi) is 8.26.